The van der Waals surface area contributed by atoms with Gasteiger partial charge in [0.25, 0.3) is 0 Å². The lowest BCUT2D eigenvalue weighted by molar-refractivity contribution is -0.385. The van der Waals surface area contributed by atoms with Gasteiger partial charge in [0.2, 0.25) is 0 Å². The van der Waals surface area contributed by atoms with Crippen LogP contribution >= 0.6 is 0 Å². The second-order valence-electron chi connectivity index (χ2n) is 3.99. The number of hydrogen-bond acceptors (Lipinski definition) is 5. The fourth-order valence-corrected chi connectivity index (χ4v) is 1.84. The van der Waals surface area contributed by atoms with Crippen molar-refractivity contribution in [1.82, 2.24) is 5.32 Å². The quantitative estimate of drug-likeness (QED) is 0.614. The highest BCUT2D eigenvalue weighted by Gasteiger charge is 2.17. The maximum atomic E-state index is 10.5. The molecule has 1 aromatic carbocycles. The first-order chi connectivity index (χ1) is 8.16. The average Bonchev–Trinajstić information content (AvgIpc) is 2.30. The Morgan fingerprint density at radius 2 is 2.35 bits per heavy atom. The minimum Gasteiger partial charge on any atom is -0.502 e. The van der Waals surface area contributed by atoms with E-state index in [1.807, 2.05) is 0 Å². The zero-order chi connectivity index (χ0) is 12.3. The lowest BCUT2D eigenvalue weighted by atomic mass is 10.1. The maximum absolute atomic E-state index is 10.5. The molecule has 1 atom stereocenters. The molecule has 0 bridgehead atoms. The molecule has 1 heterocycles. The van der Waals surface area contributed by atoms with Gasteiger partial charge in [-0.15, -0.1) is 0 Å². The van der Waals surface area contributed by atoms with Crippen LogP contribution in [0.3, 0.4) is 0 Å². The number of ether oxygens (including phenoxy) is 1. The lowest BCUT2D eigenvalue weighted by Crippen LogP contribution is -2.37. The molecule has 0 radical (unpaired) electrons. The fourth-order valence-electron chi connectivity index (χ4n) is 1.84. The highest BCUT2D eigenvalue weighted by Crippen LogP contribution is 2.30. The van der Waals surface area contributed by atoms with E-state index in [2.05, 4.69) is 5.32 Å². The molecule has 1 saturated heterocycles. The number of phenolic OH excluding ortho intramolecular Hbond substituents is 1. The zero-order valence-corrected chi connectivity index (χ0v) is 9.26. The highest BCUT2D eigenvalue weighted by atomic mass is 16.6. The molecule has 1 aliphatic heterocycles. The fraction of sp³-hybridized carbons (Fsp3) is 0.455. The van der Waals surface area contributed by atoms with E-state index in [9.17, 15) is 15.2 Å². The number of nitro benzene ring substituents is 1. The van der Waals surface area contributed by atoms with Crippen LogP contribution in [-0.2, 0) is 0 Å². The van der Waals surface area contributed by atoms with Crippen molar-refractivity contribution < 1.29 is 14.8 Å². The van der Waals surface area contributed by atoms with Crippen molar-refractivity contribution in [3.63, 3.8) is 0 Å². The minimum atomic E-state index is -0.624. The van der Waals surface area contributed by atoms with Gasteiger partial charge in [0.05, 0.1) is 4.92 Å². The van der Waals surface area contributed by atoms with Crippen LogP contribution in [0.4, 0.5) is 5.69 Å². The standard InChI is InChI=1S/C11H14N2O4/c14-11-6-8(3-4-10(11)13(15)16)17-9-2-1-5-12-7-9/h3-4,6,9,12,14H,1-2,5,7H2. The Kier molecular flexibility index (Phi) is 3.43. The molecule has 6 nitrogen and oxygen atoms in total. The molecule has 2 rings (SSSR count). The summed E-state index contributed by atoms with van der Waals surface area (Å²) in [5.74, 6) is 0.0954. The Labute approximate surface area is 98.4 Å². The molecular weight excluding hydrogens is 224 g/mol. The maximum Gasteiger partial charge on any atom is 0.310 e. The van der Waals surface area contributed by atoms with Crippen molar-refractivity contribution in [2.24, 2.45) is 0 Å². The molecular formula is C11H14N2O4. The Morgan fingerprint density at radius 1 is 1.53 bits per heavy atom. The molecule has 17 heavy (non-hydrogen) atoms. The largest absolute Gasteiger partial charge is 0.502 e. The van der Waals surface area contributed by atoms with Crippen molar-refractivity contribution in [2.75, 3.05) is 13.1 Å². The van der Waals surface area contributed by atoms with Gasteiger partial charge in [0, 0.05) is 18.7 Å². The molecule has 1 aromatic rings. The number of aromatic hydroxyl groups is 1. The monoisotopic (exact) mass is 238 g/mol. The summed E-state index contributed by atoms with van der Waals surface area (Å²) in [5, 5.41) is 23.2. The topological polar surface area (TPSA) is 84.6 Å². The van der Waals surface area contributed by atoms with Gasteiger partial charge < -0.3 is 15.2 Å². The second-order valence-corrected chi connectivity index (χ2v) is 3.99. The predicted octanol–water partition coefficient (Wildman–Crippen LogP) is 1.43. The van der Waals surface area contributed by atoms with Gasteiger partial charge in [-0.1, -0.05) is 0 Å². The summed E-state index contributed by atoms with van der Waals surface area (Å²) < 4.78 is 5.63. The van der Waals surface area contributed by atoms with Crippen molar-refractivity contribution in [3.8, 4) is 11.5 Å². The predicted molar refractivity (Wildman–Crippen MR) is 61.3 cm³/mol. The third-order valence-electron chi connectivity index (χ3n) is 2.70. The van der Waals surface area contributed by atoms with Crippen LogP contribution in [-0.4, -0.2) is 29.2 Å². The van der Waals surface area contributed by atoms with Crippen molar-refractivity contribution in [3.05, 3.63) is 28.3 Å². The highest BCUT2D eigenvalue weighted by molar-refractivity contribution is 5.49. The number of benzene rings is 1. The van der Waals surface area contributed by atoms with E-state index in [4.69, 9.17) is 4.74 Å². The molecule has 0 aromatic heterocycles. The average molecular weight is 238 g/mol. The van der Waals surface area contributed by atoms with E-state index >= 15 is 0 Å². The van der Waals surface area contributed by atoms with Crippen LogP contribution in [0, 0.1) is 10.1 Å². The molecule has 6 heteroatoms. The first-order valence-electron chi connectivity index (χ1n) is 5.51. The summed E-state index contributed by atoms with van der Waals surface area (Å²) in [4.78, 5) is 9.89. The van der Waals surface area contributed by atoms with E-state index in [-0.39, 0.29) is 17.5 Å². The number of nitrogens with zero attached hydrogens (tertiary/aromatic N) is 1. The third kappa shape index (κ3) is 2.85. The first-order valence-corrected chi connectivity index (χ1v) is 5.51. The molecule has 0 spiro atoms. The molecule has 0 aliphatic carbocycles. The van der Waals surface area contributed by atoms with E-state index < -0.39 is 4.92 Å². The molecule has 1 unspecified atom stereocenters. The number of piperidine rings is 1. The first kappa shape index (κ1) is 11.7. The molecule has 92 valence electrons. The summed E-state index contributed by atoms with van der Waals surface area (Å²) in [5.41, 5.74) is -0.306. The summed E-state index contributed by atoms with van der Waals surface area (Å²) in [6.45, 7) is 1.75. The number of rotatable bonds is 3. The Bertz CT molecular complexity index is 416. The number of nitro groups is 1. The number of nitrogens with one attached hydrogen (secondary N) is 1. The Balaban J connectivity index is 2.06. The van der Waals surface area contributed by atoms with Crippen LogP contribution in [0.25, 0.3) is 0 Å². The number of hydrogen-bond donors (Lipinski definition) is 2. The van der Waals surface area contributed by atoms with Gasteiger partial charge in [0.15, 0.2) is 5.75 Å². The second kappa shape index (κ2) is 5.01. The van der Waals surface area contributed by atoms with Crippen LogP contribution in [0.5, 0.6) is 11.5 Å². The summed E-state index contributed by atoms with van der Waals surface area (Å²) in [7, 11) is 0. The van der Waals surface area contributed by atoms with Gasteiger partial charge in [-0.05, 0) is 25.5 Å². The Hall–Kier alpha value is -1.82. The third-order valence-corrected chi connectivity index (χ3v) is 2.70. The van der Waals surface area contributed by atoms with E-state index in [1.54, 1.807) is 0 Å². The van der Waals surface area contributed by atoms with E-state index in [0.717, 1.165) is 25.9 Å². The lowest BCUT2D eigenvalue weighted by Gasteiger charge is -2.23. The zero-order valence-electron chi connectivity index (χ0n) is 9.26. The summed E-state index contributed by atoms with van der Waals surface area (Å²) >= 11 is 0. The molecule has 1 aliphatic rings. The van der Waals surface area contributed by atoms with E-state index in [0.29, 0.717) is 5.75 Å². The van der Waals surface area contributed by atoms with Gasteiger partial charge in [0.1, 0.15) is 11.9 Å². The van der Waals surface area contributed by atoms with Crippen LogP contribution < -0.4 is 10.1 Å². The van der Waals surface area contributed by atoms with E-state index in [1.165, 1.54) is 18.2 Å². The van der Waals surface area contributed by atoms with Crippen LogP contribution in [0.1, 0.15) is 12.8 Å². The van der Waals surface area contributed by atoms with Crippen molar-refractivity contribution in [1.29, 1.82) is 0 Å². The van der Waals surface area contributed by atoms with Gasteiger partial charge in [-0.25, -0.2) is 0 Å². The van der Waals surface area contributed by atoms with Gasteiger partial charge >= 0.3 is 5.69 Å². The van der Waals surface area contributed by atoms with Gasteiger partial charge in [-0.2, -0.15) is 0 Å². The molecule has 1 fully saturated rings. The van der Waals surface area contributed by atoms with Crippen LogP contribution in [0.2, 0.25) is 0 Å². The van der Waals surface area contributed by atoms with Gasteiger partial charge in [-0.3, -0.25) is 10.1 Å². The van der Waals surface area contributed by atoms with Crippen molar-refractivity contribution >= 4 is 5.69 Å². The molecule has 0 amide bonds. The summed E-state index contributed by atoms with van der Waals surface area (Å²) in [6.07, 6.45) is 2.05. The molecule has 0 saturated carbocycles. The smallest absolute Gasteiger partial charge is 0.310 e. The van der Waals surface area contributed by atoms with Crippen LogP contribution in [0.15, 0.2) is 18.2 Å². The normalized spacial score (nSPS) is 19.9. The summed E-state index contributed by atoms with van der Waals surface area (Å²) in [6, 6.07) is 4.04. The SMILES string of the molecule is O=[N+]([O-])c1ccc(OC2CCCNC2)cc1O. The molecule has 2 N–H and O–H groups in total. The Morgan fingerprint density at radius 3 is 2.94 bits per heavy atom. The number of phenols is 1. The minimum absolute atomic E-state index is 0.0598. The van der Waals surface area contributed by atoms with Crippen molar-refractivity contribution in [2.45, 2.75) is 18.9 Å².